The maximum Gasteiger partial charge on any atom is 0.248 e. The molecule has 0 aromatic heterocycles. The predicted molar refractivity (Wildman–Crippen MR) is 71.6 cm³/mol. The SMILES string of the molecule is CC(C)=CCC[C@@H](C)/C=C/C=C(\C)C(=O)Cl. The second-order valence-electron chi connectivity index (χ2n) is 4.34. The number of halogens is 1. The van der Waals surface area contributed by atoms with Gasteiger partial charge in [-0.1, -0.05) is 36.8 Å². The van der Waals surface area contributed by atoms with Gasteiger partial charge in [-0.05, 0) is 51.1 Å². The number of carbonyl (C=O) groups is 1. The lowest BCUT2D eigenvalue weighted by atomic mass is 10.0. The lowest BCUT2D eigenvalue weighted by Gasteiger charge is -2.02. The Morgan fingerprint density at radius 3 is 2.44 bits per heavy atom. The van der Waals surface area contributed by atoms with E-state index >= 15 is 0 Å². The third kappa shape index (κ3) is 8.49. The van der Waals surface area contributed by atoms with Crippen LogP contribution in [0.4, 0.5) is 0 Å². The van der Waals surface area contributed by atoms with Gasteiger partial charge in [0.25, 0.3) is 0 Å². The number of rotatable bonds is 6. The van der Waals surface area contributed by atoms with Gasteiger partial charge in [0.15, 0.2) is 0 Å². The molecular weight excluding hydrogens is 220 g/mol. The molecule has 0 heterocycles. The summed E-state index contributed by atoms with van der Waals surface area (Å²) in [6, 6.07) is 0. The first-order chi connectivity index (χ1) is 7.43. The Hall–Kier alpha value is -0.820. The van der Waals surface area contributed by atoms with Crippen LogP contribution < -0.4 is 0 Å². The van der Waals surface area contributed by atoms with Crippen LogP contribution in [-0.4, -0.2) is 5.24 Å². The van der Waals surface area contributed by atoms with Gasteiger partial charge in [0, 0.05) is 5.57 Å². The van der Waals surface area contributed by atoms with E-state index in [1.807, 2.05) is 6.08 Å². The molecule has 0 saturated heterocycles. The monoisotopic (exact) mass is 240 g/mol. The fraction of sp³-hybridized carbons (Fsp3) is 0.500. The molecule has 0 fully saturated rings. The van der Waals surface area contributed by atoms with E-state index in [0.717, 1.165) is 12.8 Å². The minimum atomic E-state index is -0.387. The van der Waals surface area contributed by atoms with E-state index in [1.165, 1.54) is 5.57 Å². The second-order valence-corrected chi connectivity index (χ2v) is 4.69. The average Bonchev–Trinajstić information content (AvgIpc) is 2.16. The molecule has 90 valence electrons. The summed E-state index contributed by atoms with van der Waals surface area (Å²) >= 11 is 5.31. The summed E-state index contributed by atoms with van der Waals surface area (Å²) in [6.07, 6.45) is 10.2. The number of carbonyl (C=O) groups excluding carboxylic acids is 1. The minimum Gasteiger partial charge on any atom is -0.276 e. The van der Waals surface area contributed by atoms with Crippen LogP contribution in [-0.2, 0) is 4.79 Å². The van der Waals surface area contributed by atoms with E-state index in [0.29, 0.717) is 11.5 Å². The Kier molecular flexibility index (Phi) is 7.92. The molecule has 0 aromatic carbocycles. The number of allylic oxidation sites excluding steroid dienone is 6. The Labute approximate surface area is 104 Å². The van der Waals surface area contributed by atoms with Crippen molar-refractivity contribution in [3.8, 4) is 0 Å². The van der Waals surface area contributed by atoms with Crippen molar-refractivity contribution >= 4 is 16.8 Å². The zero-order valence-corrected chi connectivity index (χ0v) is 11.3. The van der Waals surface area contributed by atoms with Crippen LogP contribution in [0.2, 0.25) is 0 Å². The largest absolute Gasteiger partial charge is 0.276 e. The zero-order valence-electron chi connectivity index (χ0n) is 10.6. The lowest BCUT2D eigenvalue weighted by Crippen LogP contribution is -1.89. The fourth-order valence-electron chi connectivity index (χ4n) is 1.19. The van der Waals surface area contributed by atoms with Crippen LogP contribution in [0.1, 0.15) is 40.5 Å². The van der Waals surface area contributed by atoms with Gasteiger partial charge in [0.1, 0.15) is 0 Å². The van der Waals surface area contributed by atoms with Gasteiger partial charge < -0.3 is 0 Å². The smallest absolute Gasteiger partial charge is 0.248 e. The number of hydrogen-bond donors (Lipinski definition) is 0. The summed E-state index contributed by atoms with van der Waals surface area (Å²) in [4.78, 5) is 10.7. The highest BCUT2D eigenvalue weighted by Crippen LogP contribution is 2.09. The van der Waals surface area contributed by atoms with E-state index in [9.17, 15) is 4.79 Å². The van der Waals surface area contributed by atoms with Gasteiger partial charge in [-0.15, -0.1) is 0 Å². The summed E-state index contributed by atoms with van der Waals surface area (Å²) < 4.78 is 0. The molecule has 0 radical (unpaired) electrons. The molecule has 0 rings (SSSR count). The molecule has 2 heteroatoms. The average molecular weight is 241 g/mol. The minimum absolute atomic E-state index is 0.387. The van der Waals surface area contributed by atoms with Gasteiger partial charge in [-0.3, -0.25) is 4.79 Å². The van der Waals surface area contributed by atoms with Crippen molar-refractivity contribution in [1.82, 2.24) is 0 Å². The highest BCUT2D eigenvalue weighted by Gasteiger charge is 1.97. The molecule has 0 amide bonds. The first-order valence-corrected chi connectivity index (χ1v) is 5.99. The van der Waals surface area contributed by atoms with E-state index in [2.05, 4.69) is 32.9 Å². The van der Waals surface area contributed by atoms with E-state index in [-0.39, 0.29) is 5.24 Å². The molecule has 0 aliphatic heterocycles. The Balaban J connectivity index is 4.00. The lowest BCUT2D eigenvalue weighted by molar-refractivity contribution is -0.108. The molecule has 0 aliphatic rings. The molecule has 0 bridgehead atoms. The van der Waals surface area contributed by atoms with Crippen molar-refractivity contribution in [2.45, 2.75) is 40.5 Å². The highest BCUT2D eigenvalue weighted by atomic mass is 35.5. The summed E-state index contributed by atoms with van der Waals surface area (Å²) in [7, 11) is 0. The summed E-state index contributed by atoms with van der Waals surface area (Å²) in [5.74, 6) is 0.519. The Morgan fingerprint density at radius 2 is 1.94 bits per heavy atom. The predicted octanol–water partition coefficient (Wildman–Crippen LogP) is 4.64. The molecule has 0 aromatic rings. The third-order valence-electron chi connectivity index (χ3n) is 2.27. The Bertz CT molecular complexity index is 307. The summed E-state index contributed by atoms with van der Waals surface area (Å²) in [5, 5.41) is -0.387. The topological polar surface area (TPSA) is 17.1 Å². The van der Waals surface area contributed by atoms with E-state index in [1.54, 1.807) is 13.0 Å². The molecule has 1 atom stereocenters. The zero-order chi connectivity index (χ0) is 12.6. The third-order valence-corrected chi connectivity index (χ3v) is 2.57. The molecule has 0 unspecified atom stereocenters. The van der Waals surface area contributed by atoms with Crippen LogP contribution in [0.25, 0.3) is 0 Å². The molecule has 16 heavy (non-hydrogen) atoms. The molecule has 0 spiro atoms. The molecule has 0 aliphatic carbocycles. The van der Waals surface area contributed by atoms with Gasteiger partial charge in [-0.25, -0.2) is 0 Å². The second kappa shape index (κ2) is 8.35. The normalized spacial score (nSPS) is 13.9. The van der Waals surface area contributed by atoms with Gasteiger partial charge in [0.2, 0.25) is 5.24 Å². The Morgan fingerprint density at radius 1 is 1.31 bits per heavy atom. The van der Waals surface area contributed by atoms with Crippen molar-refractivity contribution < 1.29 is 4.79 Å². The van der Waals surface area contributed by atoms with Crippen LogP contribution in [0.3, 0.4) is 0 Å². The molecule has 0 saturated carbocycles. The fourth-order valence-corrected chi connectivity index (χ4v) is 1.25. The van der Waals surface area contributed by atoms with E-state index in [4.69, 9.17) is 11.6 Å². The van der Waals surface area contributed by atoms with Crippen molar-refractivity contribution in [2.24, 2.45) is 5.92 Å². The van der Waals surface area contributed by atoms with Crippen LogP contribution >= 0.6 is 11.6 Å². The van der Waals surface area contributed by atoms with Crippen molar-refractivity contribution in [3.05, 3.63) is 35.5 Å². The number of hydrogen-bond acceptors (Lipinski definition) is 1. The first-order valence-electron chi connectivity index (χ1n) is 5.61. The van der Waals surface area contributed by atoms with Crippen molar-refractivity contribution in [1.29, 1.82) is 0 Å². The maximum atomic E-state index is 10.7. The molecular formula is C14H21ClO. The maximum absolute atomic E-state index is 10.7. The van der Waals surface area contributed by atoms with Gasteiger partial charge >= 0.3 is 0 Å². The van der Waals surface area contributed by atoms with Gasteiger partial charge in [-0.2, -0.15) is 0 Å². The molecule has 1 nitrogen and oxygen atoms in total. The standard InChI is InChI=1S/C14H21ClO/c1-11(2)7-5-8-12(3)9-6-10-13(4)14(15)16/h6-7,9-10,12H,5,8H2,1-4H3/b9-6+,13-10+/t12-/m1/s1. The van der Waals surface area contributed by atoms with Crippen LogP contribution in [0.5, 0.6) is 0 Å². The molecule has 0 N–H and O–H groups in total. The summed E-state index contributed by atoms with van der Waals surface area (Å²) in [5.41, 5.74) is 1.94. The first kappa shape index (κ1) is 15.2. The van der Waals surface area contributed by atoms with Gasteiger partial charge in [0.05, 0.1) is 0 Å². The quantitative estimate of drug-likeness (QED) is 0.286. The van der Waals surface area contributed by atoms with Crippen molar-refractivity contribution in [2.75, 3.05) is 0 Å². The van der Waals surface area contributed by atoms with Crippen molar-refractivity contribution in [3.63, 3.8) is 0 Å². The highest BCUT2D eigenvalue weighted by molar-refractivity contribution is 6.67. The van der Waals surface area contributed by atoms with Crippen LogP contribution in [0, 0.1) is 5.92 Å². The van der Waals surface area contributed by atoms with Crippen LogP contribution in [0.15, 0.2) is 35.5 Å². The summed E-state index contributed by atoms with van der Waals surface area (Å²) in [6.45, 7) is 8.10. The van der Waals surface area contributed by atoms with E-state index < -0.39 is 0 Å².